The normalized spacial score (nSPS) is 15.8. The second-order valence-electron chi connectivity index (χ2n) is 7.34. The summed E-state index contributed by atoms with van der Waals surface area (Å²) in [7, 11) is 0. The maximum Gasteiger partial charge on any atom is 0.339 e. The Morgan fingerprint density at radius 1 is 1.17 bits per heavy atom. The van der Waals surface area contributed by atoms with E-state index in [9.17, 15) is 4.79 Å². The second-order valence-corrected chi connectivity index (χ2v) is 8.18. The Balaban J connectivity index is 1.51. The smallest absolute Gasteiger partial charge is 0.339 e. The van der Waals surface area contributed by atoms with Gasteiger partial charge in [-0.3, -0.25) is 4.98 Å². The number of esters is 1. The topological polar surface area (TPSA) is 48.4 Å². The number of benzene rings is 2. The first-order valence-corrected chi connectivity index (χ1v) is 10.4. The third kappa shape index (κ3) is 4.34. The van der Waals surface area contributed by atoms with Crippen LogP contribution in [0.15, 0.2) is 42.5 Å². The molecule has 0 spiro atoms. The van der Waals surface area contributed by atoms with Crippen molar-refractivity contribution in [2.45, 2.75) is 26.2 Å². The van der Waals surface area contributed by atoms with Gasteiger partial charge >= 0.3 is 5.97 Å². The van der Waals surface area contributed by atoms with Crippen LogP contribution in [0.5, 0.6) is 5.75 Å². The van der Waals surface area contributed by atoms with E-state index in [1.165, 1.54) is 0 Å². The van der Waals surface area contributed by atoms with Gasteiger partial charge in [0.15, 0.2) is 0 Å². The van der Waals surface area contributed by atoms with Crippen LogP contribution >= 0.6 is 23.2 Å². The first kappa shape index (κ1) is 20.0. The molecule has 0 amide bonds. The molecule has 3 aromatic rings. The Morgan fingerprint density at radius 2 is 2.00 bits per heavy atom. The Labute approximate surface area is 179 Å². The molecule has 1 heterocycles. The lowest BCUT2D eigenvalue weighted by atomic mass is 9.84. The van der Waals surface area contributed by atoms with Gasteiger partial charge in [0.2, 0.25) is 0 Å². The molecule has 4 nitrogen and oxygen atoms in total. The van der Waals surface area contributed by atoms with Crippen LogP contribution in [0.3, 0.4) is 0 Å². The van der Waals surface area contributed by atoms with Crippen molar-refractivity contribution >= 4 is 40.1 Å². The zero-order chi connectivity index (χ0) is 20.4. The Hall–Kier alpha value is -2.30. The number of nitrogens with zero attached hydrogens (tertiary/aromatic N) is 1. The van der Waals surface area contributed by atoms with Crippen molar-refractivity contribution in [2.75, 3.05) is 13.2 Å². The number of aryl methyl sites for hydroxylation is 1. The lowest BCUT2D eigenvalue weighted by molar-refractivity contribution is 0.0451. The third-order valence-electron chi connectivity index (χ3n) is 5.18. The SMILES string of the molecule is CC1CCc2nc3ccccc3c(C(=O)OCCOc3ccc(Cl)cc3Cl)c2C1. The van der Waals surface area contributed by atoms with E-state index >= 15 is 0 Å². The van der Waals surface area contributed by atoms with Gasteiger partial charge in [0.1, 0.15) is 19.0 Å². The van der Waals surface area contributed by atoms with Crippen molar-refractivity contribution in [1.82, 2.24) is 4.98 Å². The van der Waals surface area contributed by atoms with Gasteiger partial charge in [0.25, 0.3) is 0 Å². The van der Waals surface area contributed by atoms with Crippen molar-refractivity contribution in [1.29, 1.82) is 0 Å². The molecular formula is C23H21Cl2NO3. The largest absolute Gasteiger partial charge is 0.488 e. The number of carbonyl (C=O) groups excluding carboxylic acids is 1. The predicted octanol–water partition coefficient (Wildman–Crippen LogP) is 5.90. The summed E-state index contributed by atoms with van der Waals surface area (Å²) >= 11 is 12.0. The van der Waals surface area contributed by atoms with Gasteiger partial charge in [0.05, 0.1) is 16.1 Å². The molecule has 0 radical (unpaired) electrons. The zero-order valence-electron chi connectivity index (χ0n) is 16.1. The number of pyridine rings is 1. The average molecular weight is 430 g/mol. The zero-order valence-corrected chi connectivity index (χ0v) is 17.6. The summed E-state index contributed by atoms with van der Waals surface area (Å²) in [6, 6.07) is 12.7. The molecule has 6 heteroatoms. The van der Waals surface area contributed by atoms with Crippen LogP contribution < -0.4 is 4.74 Å². The van der Waals surface area contributed by atoms with E-state index in [1.807, 2.05) is 24.3 Å². The molecule has 1 unspecified atom stereocenters. The van der Waals surface area contributed by atoms with Crippen LogP contribution in [0.4, 0.5) is 0 Å². The standard InChI is InChI=1S/C23H21Cl2NO3/c1-14-6-8-20-17(12-14)22(16-4-2-3-5-19(16)26-20)23(27)29-11-10-28-21-9-7-15(24)13-18(21)25/h2-5,7,9,13-14H,6,8,10-12H2,1H3. The summed E-state index contributed by atoms with van der Waals surface area (Å²) in [5.74, 6) is 0.694. The van der Waals surface area contributed by atoms with E-state index in [0.717, 1.165) is 41.4 Å². The van der Waals surface area contributed by atoms with E-state index in [1.54, 1.807) is 18.2 Å². The maximum absolute atomic E-state index is 13.0. The molecule has 0 bridgehead atoms. The fraction of sp³-hybridized carbons (Fsp3) is 0.304. The number of hydrogen-bond donors (Lipinski definition) is 0. The quantitative estimate of drug-likeness (QED) is 0.374. The highest BCUT2D eigenvalue weighted by Crippen LogP contribution is 2.32. The molecule has 1 aliphatic rings. The van der Waals surface area contributed by atoms with E-state index in [4.69, 9.17) is 37.7 Å². The maximum atomic E-state index is 13.0. The minimum atomic E-state index is -0.334. The summed E-state index contributed by atoms with van der Waals surface area (Å²) in [4.78, 5) is 17.8. The molecular weight excluding hydrogens is 409 g/mol. The van der Waals surface area contributed by atoms with Gasteiger partial charge in [-0.15, -0.1) is 0 Å². The Morgan fingerprint density at radius 3 is 2.83 bits per heavy atom. The fourth-order valence-corrected chi connectivity index (χ4v) is 4.21. The number of ether oxygens (including phenoxy) is 2. The minimum Gasteiger partial charge on any atom is -0.488 e. The van der Waals surface area contributed by atoms with Crippen molar-refractivity contribution in [3.8, 4) is 5.75 Å². The van der Waals surface area contributed by atoms with Gasteiger partial charge in [0, 0.05) is 16.1 Å². The molecule has 4 rings (SSSR count). The van der Waals surface area contributed by atoms with Crippen LogP contribution in [0, 0.1) is 5.92 Å². The molecule has 0 saturated carbocycles. The molecule has 1 atom stereocenters. The molecule has 0 aliphatic heterocycles. The first-order valence-electron chi connectivity index (χ1n) is 9.68. The van der Waals surface area contributed by atoms with Gasteiger partial charge in [-0.1, -0.05) is 48.3 Å². The molecule has 0 N–H and O–H groups in total. The predicted molar refractivity (Wildman–Crippen MR) is 115 cm³/mol. The lowest BCUT2D eigenvalue weighted by Gasteiger charge is -2.24. The van der Waals surface area contributed by atoms with E-state index in [-0.39, 0.29) is 19.2 Å². The summed E-state index contributed by atoms with van der Waals surface area (Å²) in [6.07, 6.45) is 2.82. The third-order valence-corrected chi connectivity index (χ3v) is 5.71. The van der Waals surface area contributed by atoms with Crippen LogP contribution in [-0.4, -0.2) is 24.2 Å². The average Bonchev–Trinajstić information content (AvgIpc) is 2.70. The Kier molecular flexibility index (Phi) is 5.93. The van der Waals surface area contributed by atoms with Gasteiger partial charge < -0.3 is 9.47 Å². The highest BCUT2D eigenvalue weighted by molar-refractivity contribution is 6.35. The van der Waals surface area contributed by atoms with Crippen LogP contribution in [0.25, 0.3) is 10.9 Å². The van der Waals surface area contributed by atoms with Crippen LogP contribution in [-0.2, 0) is 17.6 Å². The number of halogens is 2. The number of hydrogen-bond acceptors (Lipinski definition) is 4. The summed E-state index contributed by atoms with van der Waals surface area (Å²) < 4.78 is 11.2. The summed E-state index contributed by atoms with van der Waals surface area (Å²) in [6.45, 7) is 2.53. The highest BCUT2D eigenvalue weighted by Gasteiger charge is 2.26. The second kappa shape index (κ2) is 8.60. The molecule has 1 aliphatic carbocycles. The van der Waals surface area contributed by atoms with Crippen molar-refractivity contribution < 1.29 is 14.3 Å². The first-order chi connectivity index (χ1) is 14.0. The monoisotopic (exact) mass is 429 g/mol. The summed E-state index contributed by atoms with van der Waals surface area (Å²) in [5.41, 5.74) is 3.51. The van der Waals surface area contributed by atoms with Crippen LogP contribution in [0.2, 0.25) is 10.0 Å². The van der Waals surface area contributed by atoms with Gasteiger partial charge in [-0.05, 0) is 55.0 Å². The number of fused-ring (bicyclic) bond motifs is 2. The van der Waals surface area contributed by atoms with Gasteiger partial charge in [-0.2, -0.15) is 0 Å². The molecule has 2 aromatic carbocycles. The number of para-hydroxylation sites is 1. The van der Waals surface area contributed by atoms with E-state index in [2.05, 4.69) is 6.92 Å². The van der Waals surface area contributed by atoms with Crippen molar-refractivity contribution in [3.63, 3.8) is 0 Å². The van der Waals surface area contributed by atoms with E-state index < -0.39 is 0 Å². The molecule has 0 saturated heterocycles. The molecule has 1 aromatic heterocycles. The molecule has 0 fully saturated rings. The van der Waals surface area contributed by atoms with Crippen LogP contribution in [0.1, 0.15) is 35.0 Å². The number of carbonyl (C=O) groups is 1. The molecule has 29 heavy (non-hydrogen) atoms. The van der Waals surface area contributed by atoms with E-state index in [0.29, 0.717) is 27.3 Å². The minimum absolute atomic E-state index is 0.124. The lowest BCUT2D eigenvalue weighted by Crippen LogP contribution is -2.20. The Bertz CT molecular complexity index is 1070. The summed E-state index contributed by atoms with van der Waals surface area (Å²) in [5, 5.41) is 1.80. The number of rotatable bonds is 5. The van der Waals surface area contributed by atoms with Crippen molar-refractivity contribution in [3.05, 3.63) is 69.3 Å². The van der Waals surface area contributed by atoms with Crippen molar-refractivity contribution in [2.24, 2.45) is 5.92 Å². The fourth-order valence-electron chi connectivity index (χ4n) is 3.75. The van der Waals surface area contributed by atoms with Gasteiger partial charge in [-0.25, -0.2) is 4.79 Å². The number of aromatic nitrogens is 1. The highest BCUT2D eigenvalue weighted by atomic mass is 35.5. The molecule has 150 valence electrons.